The highest BCUT2D eigenvalue weighted by Crippen LogP contribution is 2.48. The van der Waals surface area contributed by atoms with Gasteiger partial charge in [0.25, 0.3) is 5.91 Å². The number of hydrogen-bond acceptors (Lipinski definition) is 5. The minimum absolute atomic E-state index is 0.0876. The van der Waals surface area contributed by atoms with Gasteiger partial charge in [-0.05, 0) is 59.5 Å². The third-order valence-corrected chi connectivity index (χ3v) is 6.96. The second kappa shape index (κ2) is 9.15. The van der Waals surface area contributed by atoms with Crippen LogP contribution in [-0.2, 0) is 11.2 Å². The zero-order valence-electron chi connectivity index (χ0n) is 19.6. The van der Waals surface area contributed by atoms with Crippen LogP contribution >= 0.6 is 11.6 Å². The number of nitrogens with one attached hydrogen (secondary N) is 1. The molecule has 0 unspecified atom stereocenters. The molecule has 0 fully saturated rings. The first-order chi connectivity index (χ1) is 17.0. The van der Waals surface area contributed by atoms with Gasteiger partial charge < -0.3 is 24.4 Å². The number of methoxy groups -OCH3 is 3. The molecular weight excluding hydrogens is 468 g/mol. The van der Waals surface area contributed by atoms with Crippen molar-refractivity contribution in [2.75, 3.05) is 33.2 Å². The molecule has 2 amide bonds. The van der Waals surface area contributed by atoms with Crippen molar-refractivity contribution in [3.05, 3.63) is 81.9 Å². The van der Waals surface area contributed by atoms with E-state index in [4.69, 9.17) is 25.8 Å². The van der Waals surface area contributed by atoms with E-state index in [0.29, 0.717) is 52.1 Å². The van der Waals surface area contributed by atoms with Crippen molar-refractivity contribution in [2.45, 2.75) is 18.4 Å². The van der Waals surface area contributed by atoms with Gasteiger partial charge in [-0.15, -0.1) is 0 Å². The van der Waals surface area contributed by atoms with Crippen LogP contribution in [0.25, 0.3) is 0 Å². The van der Waals surface area contributed by atoms with Gasteiger partial charge in [0, 0.05) is 17.1 Å². The van der Waals surface area contributed by atoms with E-state index in [-0.39, 0.29) is 11.8 Å². The summed E-state index contributed by atoms with van der Waals surface area (Å²) in [6.45, 7) is 0.491. The molecular formula is C27H25ClN2O5. The van der Waals surface area contributed by atoms with Crippen molar-refractivity contribution < 1.29 is 23.8 Å². The normalized spacial score (nSPS) is 18.2. The Morgan fingerprint density at radius 3 is 2.40 bits per heavy atom. The van der Waals surface area contributed by atoms with E-state index in [9.17, 15) is 9.59 Å². The molecule has 2 aliphatic rings. The fourth-order valence-electron chi connectivity index (χ4n) is 5.12. The quantitative estimate of drug-likeness (QED) is 0.551. The Hall–Kier alpha value is -3.71. The number of carbonyl (C=O) groups excluding carboxylic acids is 2. The second-order valence-corrected chi connectivity index (χ2v) is 8.93. The summed E-state index contributed by atoms with van der Waals surface area (Å²) in [7, 11) is 4.70. The summed E-state index contributed by atoms with van der Waals surface area (Å²) in [5.41, 5.74) is 3.57. The zero-order chi connectivity index (χ0) is 24.7. The highest BCUT2D eigenvalue weighted by molar-refractivity contribution is 6.31. The average Bonchev–Trinajstić information content (AvgIpc) is 2.88. The van der Waals surface area contributed by atoms with E-state index < -0.39 is 12.0 Å². The molecule has 0 saturated carbocycles. The number of amides is 2. The summed E-state index contributed by atoms with van der Waals surface area (Å²) in [4.78, 5) is 29.3. The maximum Gasteiger partial charge on any atom is 0.254 e. The van der Waals surface area contributed by atoms with Crippen molar-refractivity contribution in [1.29, 1.82) is 0 Å². The number of benzene rings is 3. The standard InChI is InChI=1S/C27H25ClN2O5/c1-33-21-9-8-16(28)13-20(21)29-26(31)24-17-6-4-5-7-18(17)27(32)30-11-10-15-12-22(34-2)23(35-3)14-19(15)25(24)30/h4-9,12-14,24-25H,10-11H2,1-3H3,(H,29,31)/t24-,25-/m0/s1. The predicted molar refractivity (Wildman–Crippen MR) is 133 cm³/mol. The molecule has 2 aliphatic heterocycles. The summed E-state index contributed by atoms with van der Waals surface area (Å²) in [6, 6.07) is 15.6. The molecule has 0 aliphatic carbocycles. The van der Waals surface area contributed by atoms with E-state index in [1.807, 2.05) is 30.3 Å². The van der Waals surface area contributed by atoms with Crippen LogP contribution in [0.15, 0.2) is 54.6 Å². The SMILES string of the molecule is COc1ccc(Cl)cc1NC(=O)[C@H]1c2ccccc2C(=O)N2CCc3cc(OC)c(OC)cc3[C@@H]12. The molecule has 8 heteroatoms. The molecule has 35 heavy (non-hydrogen) atoms. The number of rotatable bonds is 5. The van der Waals surface area contributed by atoms with E-state index >= 15 is 0 Å². The highest BCUT2D eigenvalue weighted by Gasteiger charge is 2.46. The van der Waals surface area contributed by atoms with Gasteiger partial charge in [-0.2, -0.15) is 0 Å². The Labute approximate surface area is 208 Å². The van der Waals surface area contributed by atoms with Crippen LogP contribution < -0.4 is 19.5 Å². The number of nitrogens with zero attached hydrogens (tertiary/aromatic N) is 1. The van der Waals surface area contributed by atoms with E-state index in [2.05, 4.69) is 5.32 Å². The molecule has 0 bridgehead atoms. The molecule has 7 nitrogen and oxygen atoms in total. The largest absolute Gasteiger partial charge is 0.495 e. The number of hydrogen-bond donors (Lipinski definition) is 1. The summed E-state index contributed by atoms with van der Waals surface area (Å²) >= 11 is 6.20. The molecule has 0 spiro atoms. The Kier molecular flexibility index (Phi) is 6.03. The molecule has 2 heterocycles. The topological polar surface area (TPSA) is 77.1 Å². The monoisotopic (exact) mass is 492 g/mol. The molecule has 0 radical (unpaired) electrons. The maximum absolute atomic E-state index is 14.0. The van der Waals surface area contributed by atoms with E-state index in [1.165, 1.54) is 7.11 Å². The molecule has 0 aromatic heterocycles. The Balaban J connectivity index is 1.66. The summed E-state index contributed by atoms with van der Waals surface area (Å²) in [6.07, 6.45) is 0.649. The summed E-state index contributed by atoms with van der Waals surface area (Å²) in [5, 5.41) is 3.47. The number of halogens is 1. The fourth-order valence-corrected chi connectivity index (χ4v) is 5.30. The predicted octanol–water partition coefficient (Wildman–Crippen LogP) is 4.84. The van der Waals surface area contributed by atoms with Crippen molar-refractivity contribution in [1.82, 2.24) is 4.90 Å². The Morgan fingerprint density at radius 2 is 1.66 bits per heavy atom. The van der Waals surface area contributed by atoms with Crippen LogP contribution in [0, 0.1) is 0 Å². The molecule has 5 rings (SSSR count). The highest BCUT2D eigenvalue weighted by atomic mass is 35.5. The van der Waals surface area contributed by atoms with Crippen LogP contribution in [0.1, 0.15) is 39.0 Å². The van der Waals surface area contributed by atoms with Crippen LogP contribution in [-0.4, -0.2) is 44.6 Å². The van der Waals surface area contributed by atoms with Crippen LogP contribution in [0.4, 0.5) is 5.69 Å². The lowest BCUT2D eigenvalue weighted by molar-refractivity contribution is -0.119. The minimum atomic E-state index is -0.662. The smallest absolute Gasteiger partial charge is 0.254 e. The summed E-state index contributed by atoms with van der Waals surface area (Å²) < 4.78 is 16.5. The molecule has 3 aromatic rings. The van der Waals surface area contributed by atoms with E-state index in [0.717, 1.165) is 11.1 Å². The van der Waals surface area contributed by atoms with Crippen LogP contribution in [0.2, 0.25) is 5.02 Å². The average molecular weight is 493 g/mol. The van der Waals surface area contributed by atoms with Crippen molar-refractivity contribution in [3.8, 4) is 17.2 Å². The van der Waals surface area contributed by atoms with Crippen molar-refractivity contribution in [2.24, 2.45) is 0 Å². The first-order valence-corrected chi connectivity index (χ1v) is 11.6. The van der Waals surface area contributed by atoms with Gasteiger partial charge in [-0.3, -0.25) is 9.59 Å². The second-order valence-electron chi connectivity index (χ2n) is 8.50. The third-order valence-electron chi connectivity index (χ3n) is 6.73. The van der Waals surface area contributed by atoms with Gasteiger partial charge >= 0.3 is 0 Å². The van der Waals surface area contributed by atoms with Crippen molar-refractivity contribution in [3.63, 3.8) is 0 Å². The maximum atomic E-state index is 14.0. The van der Waals surface area contributed by atoms with Gasteiger partial charge in [0.15, 0.2) is 11.5 Å². The molecule has 0 saturated heterocycles. The number of fused-ring (bicyclic) bond motifs is 4. The number of anilines is 1. The summed E-state index contributed by atoms with van der Waals surface area (Å²) in [5.74, 6) is 0.653. The van der Waals surface area contributed by atoms with Gasteiger partial charge in [0.2, 0.25) is 5.91 Å². The number of carbonyl (C=O) groups is 2. The van der Waals surface area contributed by atoms with E-state index in [1.54, 1.807) is 43.4 Å². The van der Waals surface area contributed by atoms with Gasteiger partial charge in [0.1, 0.15) is 5.75 Å². The Bertz CT molecular complexity index is 1320. The lowest BCUT2D eigenvalue weighted by Gasteiger charge is -2.45. The first-order valence-electron chi connectivity index (χ1n) is 11.3. The van der Waals surface area contributed by atoms with Crippen LogP contribution in [0.5, 0.6) is 17.2 Å². The molecule has 1 N–H and O–H groups in total. The minimum Gasteiger partial charge on any atom is -0.495 e. The van der Waals surface area contributed by atoms with Crippen molar-refractivity contribution >= 4 is 29.1 Å². The first kappa shape index (κ1) is 23.1. The molecule has 180 valence electrons. The zero-order valence-corrected chi connectivity index (χ0v) is 20.4. The Morgan fingerprint density at radius 1 is 0.943 bits per heavy atom. The molecule has 3 aromatic carbocycles. The fraction of sp³-hybridized carbons (Fsp3) is 0.259. The van der Waals surface area contributed by atoms with Gasteiger partial charge in [-0.25, -0.2) is 0 Å². The number of ether oxygens (including phenoxy) is 3. The van der Waals surface area contributed by atoms with Crippen LogP contribution in [0.3, 0.4) is 0 Å². The molecule has 2 atom stereocenters. The lowest BCUT2D eigenvalue weighted by atomic mass is 9.75. The van der Waals surface area contributed by atoms with Gasteiger partial charge in [-0.1, -0.05) is 29.8 Å². The van der Waals surface area contributed by atoms with Gasteiger partial charge in [0.05, 0.1) is 39.0 Å². The third kappa shape index (κ3) is 3.86. The lowest BCUT2D eigenvalue weighted by Crippen LogP contribution is -2.49.